The van der Waals surface area contributed by atoms with Crippen molar-refractivity contribution < 1.29 is 4.79 Å². The van der Waals surface area contributed by atoms with E-state index in [1.807, 2.05) is 6.08 Å². The van der Waals surface area contributed by atoms with Crippen LogP contribution in [0.15, 0.2) is 53.9 Å². The van der Waals surface area contributed by atoms with Crippen LogP contribution in [0.1, 0.15) is 22.0 Å². The van der Waals surface area contributed by atoms with Crippen molar-refractivity contribution >= 4 is 17.6 Å². The van der Waals surface area contributed by atoms with Crippen LogP contribution in [0, 0.1) is 0 Å². The molecule has 2 heterocycles. The lowest BCUT2D eigenvalue weighted by Crippen LogP contribution is -2.38. The fourth-order valence-corrected chi connectivity index (χ4v) is 3.40. The Morgan fingerprint density at radius 1 is 1.21 bits per heavy atom. The molecule has 19 heavy (non-hydrogen) atoms. The Hall–Kier alpha value is -1.71. The number of allylic oxidation sites excluding steroid dienone is 1. The standard InChI is InChI=1S/C16H15NOS/c18-9-3-6-13-11-12-5-1-2-7-14(12)16(17-13)15-8-4-10-19-15/h1-10,13,16-17H,11H2. The average Bonchev–Trinajstić information content (AvgIpc) is 2.98. The molecule has 3 heteroatoms. The maximum atomic E-state index is 10.5. The monoisotopic (exact) mass is 269 g/mol. The molecule has 2 unspecified atom stereocenters. The Balaban J connectivity index is 1.98. The van der Waals surface area contributed by atoms with Gasteiger partial charge in [0.2, 0.25) is 0 Å². The van der Waals surface area contributed by atoms with Crippen molar-refractivity contribution in [2.75, 3.05) is 0 Å². The molecule has 2 atom stereocenters. The molecule has 0 amide bonds. The van der Waals surface area contributed by atoms with Gasteiger partial charge in [-0.1, -0.05) is 36.4 Å². The largest absolute Gasteiger partial charge is 0.299 e. The molecule has 1 aromatic carbocycles. The van der Waals surface area contributed by atoms with Crippen LogP contribution in [-0.4, -0.2) is 12.3 Å². The molecule has 1 aromatic heterocycles. The highest BCUT2D eigenvalue weighted by Gasteiger charge is 2.26. The molecule has 0 aliphatic carbocycles. The Labute approximate surface area is 116 Å². The quantitative estimate of drug-likeness (QED) is 0.685. The predicted octanol–water partition coefficient (Wildman–Crippen LogP) is 3.11. The van der Waals surface area contributed by atoms with Gasteiger partial charge in [-0.15, -0.1) is 11.3 Å². The number of benzene rings is 1. The topological polar surface area (TPSA) is 29.1 Å². The zero-order valence-corrected chi connectivity index (χ0v) is 11.3. The maximum absolute atomic E-state index is 10.5. The zero-order valence-electron chi connectivity index (χ0n) is 10.5. The summed E-state index contributed by atoms with van der Waals surface area (Å²) in [7, 11) is 0. The Kier molecular flexibility index (Phi) is 3.58. The van der Waals surface area contributed by atoms with Gasteiger partial charge in [-0.05, 0) is 35.1 Å². The number of fused-ring (bicyclic) bond motifs is 1. The van der Waals surface area contributed by atoms with Gasteiger partial charge in [0.15, 0.2) is 0 Å². The molecule has 96 valence electrons. The third-order valence-electron chi connectivity index (χ3n) is 3.44. The first-order valence-electron chi connectivity index (χ1n) is 6.37. The molecule has 0 spiro atoms. The number of nitrogens with one attached hydrogen (secondary N) is 1. The summed E-state index contributed by atoms with van der Waals surface area (Å²) in [5.41, 5.74) is 2.71. The summed E-state index contributed by atoms with van der Waals surface area (Å²) in [6, 6.07) is 13.2. The molecular formula is C16H15NOS. The van der Waals surface area contributed by atoms with E-state index in [1.165, 1.54) is 16.0 Å². The fourth-order valence-electron chi connectivity index (χ4n) is 2.60. The van der Waals surface area contributed by atoms with E-state index in [-0.39, 0.29) is 12.1 Å². The number of carbonyl (C=O) groups is 1. The minimum absolute atomic E-state index is 0.215. The van der Waals surface area contributed by atoms with E-state index in [4.69, 9.17) is 0 Å². The lowest BCUT2D eigenvalue weighted by molar-refractivity contribution is -0.104. The van der Waals surface area contributed by atoms with Crippen LogP contribution >= 0.6 is 11.3 Å². The first kappa shape index (κ1) is 12.3. The minimum Gasteiger partial charge on any atom is -0.299 e. The van der Waals surface area contributed by atoms with Gasteiger partial charge in [-0.2, -0.15) is 0 Å². The van der Waals surface area contributed by atoms with E-state index in [0.29, 0.717) is 0 Å². The first-order chi connectivity index (χ1) is 9.38. The van der Waals surface area contributed by atoms with E-state index in [2.05, 4.69) is 47.1 Å². The summed E-state index contributed by atoms with van der Waals surface area (Å²) >= 11 is 1.76. The molecule has 0 bridgehead atoms. The van der Waals surface area contributed by atoms with Gasteiger partial charge in [0, 0.05) is 10.9 Å². The molecule has 1 N–H and O–H groups in total. The Morgan fingerprint density at radius 2 is 2.11 bits per heavy atom. The number of carbonyl (C=O) groups excluding carboxylic acids is 1. The van der Waals surface area contributed by atoms with Gasteiger partial charge in [0.05, 0.1) is 6.04 Å². The van der Waals surface area contributed by atoms with Crippen molar-refractivity contribution in [3.05, 3.63) is 69.9 Å². The Bertz CT molecular complexity index is 589. The normalized spacial score (nSPS) is 22.3. The van der Waals surface area contributed by atoms with E-state index < -0.39 is 0 Å². The van der Waals surface area contributed by atoms with Crippen LogP contribution < -0.4 is 5.32 Å². The lowest BCUT2D eigenvalue weighted by atomic mass is 9.89. The summed E-state index contributed by atoms with van der Waals surface area (Å²) in [6.07, 6.45) is 5.30. The zero-order chi connectivity index (χ0) is 13.1. The summed E-state index contributed by atoms with van der Waals surface area (Å²) in [5, 5.41) is 5.71. The van der Waals surface area contributed by atoms with Crippen molar-refractivity contribution in [3.63, 3.8) is 0 Å². The molecule has 2 aromatic rings. The summed E-state index contributed by atoms with van der Waals surface area (Å²) in [4.78, 5) is 11.8. The van der Waals surface area contributed by atoms with Crippen LogP contribution in [0.25, 0.3) is 0 Å². The van der Waals surface area contributed by atoms with Gasteiger partial charge in [0.1, 0.15) is 6.29 Å². The SMILES string of the molecule is O=CC=CC1Cc2ccccc2C(c2cccs2)N1. The highest BCUT2D eigenvalue weighted by molar-refractivity contribution is 7.10. The van der Waals surface area contributed by atoms with Crippen molar-refractivity contribution in [2.24, 2.45) is 0 Å². The van der Waals surface area contributed by atoms with Crippen molar-refractivity contribution in [2.45, 2.75) is 18.5 Å². The smallest absolute Gasteiger partial charge is 0.142 e. The number of rotatable bonds is 3. The highest BCUT2D eigenvalue weighted by Crippen LogP contribution is 2.32. The molecule has 1 aliphatic heterocycles. The van der Waals surface area contributed by atoms with E-state index in [1.54, 1.807) is 17.4 Å². The molecule has 3 rings (SSSR count). The van der Waals surface area contributed by atoms with E-state index >= 15 is 0 Å². The first-order valence-corrected chi connectivity index (χ1v) is 7.25. The second-order valence-electron chi connectivity index (χ2n) is 4.65. The number of hydrogen-bond acceptors (Lipinski definition) is 3. The Morgan fingerprint density at radius 3 is 2.89 bits per heavy atom. The number of hydrogen-bond donors (Lipinski definition) is 1. The van der Waals surface area contributed by atoms with Gasteiger partial charge >= 0.3 is 0 Å². The predicted molar refractivity (Wildman–Crippen MR) is 78.4 cm³/mol. The van der Waals surface area contributed by atoms with Gasteiger partial charge in [-0.3, -0.25) is 10.1 Å². The third-order valence-corrected chi connectivity index (χ3v) is 4.37. The molecular weight excluding hydrogens is 254 g/mol. The fraction of sp³-hybridized carbons (Fsp3) is 0.188. The number of aldehydes is 1. The highest BCUT2D eigenvalue weighted by atomic mass is 32.1. The summed E-state index contributed by atoms with van der Waals surface area (Å²) < 4.78 is 0. The molecule has 0 saturated carbocycles. The summed E-state index contributed by atoms with van der Waals surface area (Å²) in [6.45, 7) is 0. The van der Waals surface area contributed by atoms with Crippen molar-refractivity contribution in [1.29, 1.82) is 0 Å². The summed E-state index contributed by atoms with van der Waals surface area (Å²) in [5.74, 6) is 0. The molecule has 1 aliphatic rings. The molecule has 0 fully saturated rings. The van der Waals surface area contributed by atoms with Gasteiger partial charge in [-0.25, -0.2) is 0 Å². The minimum atomic E-state index is 0.215. The third kappa shape index (κ3) is 2.53. The van der Waals surface area contributed by atoms with Crippen LogP contribution in [0.4, 0.5) is 0 Å². The van der Waals surface area contributed by atoms with Gasteiger partial charge < -0.3 is 0 Å². The maximum Gasteiger partial charge on any atom is 0.142 e. The van der Waals surface area contributed by atoms with E-state index in [9.17, 15) is 4.79 Å². The van der Waals surface area contributed by atoms with Crippen LogP contribution in [-0.2, 0) is 11.2 Å². The van der Waals surface area contributed by atoms with Crippen molar-refractivity contribution in [1.82, 2.24) is 5.32 Å². The van der Waals surface area contributed by atoms with Crippen LogP contribution in [0.2, 0.25) is 0 Å². The molecule has 0 radical (unpaired) electrons. The van der Waals surface area contributed by atoms with E-state index in [0.717, 1.165) is 12.7 Å². The second kappa shape index (κ2) is 5.51. The molecule has 2 nitrogen and oxygen atoms in total. The second-order valence-corrected chi connectivity index (χ2v) is 5.62. The van der Waals surface area contributed by atoms with Crippen LogP contribution in [0.3, 0.4) is 0 Å². The molecule has 0 saturated heterocycles. The van der Waals surface area contributed by atoms with Crippen LogP contribution in [0.5, 0.6) is 0 Å². The van der Waals surface area contributed by atoms with Crippen molar-refractivity contribution in [3.8, 4) is 0 Å². The average molecular weight is 269 g/mol. The lowest BCUT2D eigenvalue weighted by Gasteiger charge is -2.31. The number of thiophene rings is 1. The van der Waals surface area contributed by atoms with Gasteiger partial charge in [0.25, 0.3) is 0 Å².